The predicted molar refractivity (Wildman–Crippen MR) is 86.4 cm³/mol. The smallest absolute Gasteiger partial charge is 0.326 e. The summed E-state index contributed by atoms with van der Waals surface area (Å²) in [6.45, 7) is 3.14. The normalized spacial score (nSPS) is 12.5. The van der Waals surface area contributed by atoms with E-state index in [1.807, 2.05) is 30.3 Å². The van der Waals surface area contributed by atoms with Crippen molar-refractivity contribution in [3.8, 4) is 10.4 Å². The summed E-state index contributed by atoms with van der Waals surface area (Å²) in [4.78, 5) is 29.8. The van der Waals surface area contributed by atoms with E-state index in [4.69, 9.17) is 5.11 Å². The summed E-state index contributed by atoms with van der Waals surface area (Å²) in [6.07, 6.45) is 0. The van der Waals surface area contributed by atoms with Gasteiger partial charge < -0.3 is 5.11 Å². The lowest BCUT2D eigenvalue weighted by Crippen LogP contribution is -2.30. The first kappa shape index (κ1) is 14.5. The van der Waals surface area contributed by atoms with Gasteiger partial charge in [-0.3, -0.25) is 9.36 Å². The Morgan fingerprint density at radius 3 is 2.64 bits per heavy atom. The van der Waals surface area contributed by atoms with Crippen molar-refractivity contribution in [1.82, 2.24) is 9.55 Å². The zero-order valence-corrected chi connectivity index (χ0v) is 12.9. The van der Waals surface area contributed by atoms with E-state index in [9.17, 15) is 9.59 Å². The lowest BCUT2D eigenvalue weighted by atomic mass is 10.2. The minimum Gasteiger partial charge on any atom is -0.480 e. The van der Waals surface area contributed by atoms with E-state index in [0.29, 0.717) is 16.0 Å². The van der Waals surface area contributed by atoms with Crippen LogP contribution in [0.1, 0.15) is 18.8 Å². The molecule has 0 amide bonds. The zero-order chi connectivity index (χ0) is 15.9. The number of carboxylic acid groups (broad SMARTS) is 1. The predicted octanol–water partition coefficient (Wildman–Crippen LogP) is 3.08. The third kappa shape index (κ3) is 2.31. The van der Waals surface area contributed by atoms with Crippen molar-refractivity contribution in [3.63, 3.8) is 0 Å². The summed E-state index contributed by atoms with van der Waals surface area (Å²) < 4.78 is 1.23. The number of nitrogens with zero attached hydrogens (tertiary/aromatic N) is 2. The molecule has 3 rings (SSSR count). The van der Waals surface area contributed by atoms with Crippen LogP contribution in [0.25, 0.3) is 20.7 Å². The molecule has 6 heteroatoms. The molecule has 1 atom stereocenters. The molecule has 2 heterocycles. The van der Waals surface area contributed by atoms with E-state index in [2.05, 4.69) is 4.98 Å². The minimum absolute atomic E-state index is 0.309. The van der Waals surface area contributed by atoms with Gasteiger partial charge in [-0.2, -0.15) is 0 Å². The maximum absolute atomic E-state index is 12.6. The molecule has 2 aromatic heterocycles. The highest BCUT2D eigenvalue weighted by Gasteiger charge is 2.20. The number of aliphatic carboxylic acids is 1. The van der Waals surface area contributed by atoms with Gasteiger partial charge in [0.05, 0.1) is 5.39 Å². The Morgan fingerprint density at radius 1 is 1.32 bits per heavy atom. The number of thiophene rings is 1. The molecular formula is C16H14N2O3S. The van der Waals surface area contributed by atoms with Crippen molar-refractivity contribution >= 4 is 27.5 Å². The molecule has 0 aliphatic heterocycles. The maximum atomic E-state index is 12.6. The number of aromatic nitrogens is 2. The van der Waals surface area contributed by atoms with Gasteiger partial charge in [0, 0.05) is 4.88 Å². The molecule has 0 bridgehead atoms. The molecule has 0 saturated heterocycles. The molecule has 0 spiro atoms. The van der Waals surface area contributed by atoms with Crippen molar-refractivity contribution < 1.29 is 9.90 Å². The van der Waals surface area contributed by atoms with E-state index in [-0.39, 0.29) is 5.56 Å². The summed E-state index contributed by atoms with van der Waals surface area (Å²) in [5, 5.41) is 9.62. The Bertz CT molecular complexity index is 912. The number of carbonyl (C=O) groups is 1. The van der Waals surface area contributed by atoms with E-state index >= 15 is 0 Å². The van der Waals surface area contributed by atoms with E-state index < -0.39 is 12.0 Å². The van der Waals surface area contributed by atoms with Crippen LogP contribution in [0, 0.1) is 6.92 Å². The van der Waals surface area contributed by atoms with Crippen LogP contribution in [-0.4, -0.2) is 20.6 Å². The summed E-state index contributed by atoms with van der Waals surface area (Å²) in [6, 6.07) is 10.6. The van der Waals surface area contributed by atoms with Gasteiger partial charge in [-0.05, 0) is 25.5 Å². The van der Waals surface area contributed by atoms with Crippen molar-refractivity contribution in [2.45, 2.75) is 19.9 Å². The standard InChI is InChI=1S/C16H14N2O3S/c1-9(16(20)21)18-10(2)17-14-12(15(18)19)8-13(22-14)11-6-4-3-5-7-11/h3-9H,1-2H3,(H,20,21)/t9-/m0/s1. The van der Waals surface area contributed by atoms with Gasteiger partial charge in [-0.1, -0.05) is 30.3 Å². The largest absolute Gasteiger partial charge is 0.480 e. The molecule has 0 aliphatic carbocycles. The fourth-order valence-corrected chi connectivity index (χ4v) is 3.48. The minimum atomic E-state index is -1.05. The molecule has 5 nitrogen and oxygen atoms in total. The second-order valence-electron chi connectivity index (χ2n) is 5.04. The van der Waals surface area contributed by atoms with Crippen molar-refractivity contribution in [2.75, 3.05) is 0 Å². The highest BCUT2D eigenvalue weighted by molar-refractivity contribution is 7.21. The number of benzene rings is 1. The Balaban J connectivity index is 2.24. The van der Waals surface area contributed by atoms with Gasteiger partial charge in [-0.25, -0.2) is 9.78 Å². The Labute approximate surface area is 130 Å². The van der Waals surface area contributed by atoms with E-state index in [1.54, 1.807) is 13.0 Å². The van der Waals surface area contributed by atoms with Crippen LogP contribution < -0.4 is 5.56 Å². The maximum Gasteiger partial charge on any atom is 0.326 e. The van der Waals surface area contributed by atoms with Crippen LogP contribution in [0.15, 0.2) is 41.2 Å². The molecule has 1 aromatic carbocycles. The van der Waals surface area contributed by atoms with Crippen molar-refractivity contribution in [3.05, 3.63) is 52.6 Å². The van der Waals surface area contributed by atoms with Crippen molar-refractivity contribution in [1.29, 1.82) is 0 Å². The monoisotopic (exact) mass is 314 g/mol. The topological polar surface area (TPSA) is 72.2 Å². The van der Waals surface area contributed by atoms with Gasteiger partial charge in [0.1, 0.15) is 16.7 Å². The summed E-state index contributed by atoms with van der Waals surface area (Å²) >= 11 is 1.44. The quantitative estimate of drug-likeness (QED) is 0.806. The first-order valence-electron chi connectivity index (χ1n) is 6.80. The zero-order valence-electron chi connectivity index (χ0n) is 12.1. The molecule has 0 radical (unpaired) electrons. The number of rotatable bonds is 3. The van der Waals surface area contributed by atoms with Crippen LogP contribution in [0.3, 0.4) is 0 Å². The van der Waals surface area contributed by atoms with Crippen LogP contribution in [0.4, 0.5) is 0 Å². The molecule has 0 unspecified atom stereocenters. The van der Waals surface area contributed by atoms with Gasteiger partial charge in [0.25, 0.3) is 5.56 Å². The first-order valence-corrected chi connectivity index (χ1v) is 7.61. The number of hydrogen-bond acceptors (Lipinski definition) is 4. The fraction of sp³-hybridized carbons (Fsp3) is 0.188. The Kier molecular flexibility index (Phi) is 3.54. The first-order chi connectivity index (χ1) is 10.5. The number of fused-ring (bicyclic) bond motifs is 1. The van der Waals surface area contributed by atoms with Crippen molar-refractivity contribution in [2.24, 2.45) is 0 Å². The van der Waals surface area contributed by atoms with Gasteiger partial charge in [-0.15, -0.1) is 11.3 Å². The number of hydrogen-bond donors (Lipinski definition) is 1. The summed E-state index contributed by atoms with van der Waals surface area (Å²) in [7, 11) is 0. The SMILES string of the molecule is Cc1nc2sc(-c3ccccc3)cc2c(=O)n1[C@@H](C)C(=O)O. The fourth-order valence-electron chi connectivity index (χ4n) is 2.41. The third-order valence-electron chi connectivity index (χ3n) is 3.58. The second-order valence-corrected chi connectivity index (χ2v) is 6.07. The van der Waals surface area contributed by atoms with Gasteiger partial charge in [0.15, 0.2) is 0 Å². The Morgan fingerprint density at radius 2 is 2.00 bits per heavy atom. The van der Waals surface area contributed by atoms with Crippen LogP contribution in [0.2, 0.25) is 0 Å². The highest BCUT2D eigenvalue weighted by atomic mass is 32.1. The van der Waals surface area contributed by atoms with Crippen LogP contribution in [-0.2, 0) is 4.79 Å². The van der Waals surface area contributed by atoms with Gasteiger partial charge in [0.2, 0.25) is 0 Å². The van der Waals surface area contributed by atoms with Crippen LogP contribution in [0.5, 0.6) is 0 Å². The summed E-state index contributed by atoms with van der Waals surface area (Å²) in [5.41, 5.74) is 0.705. The summed E-state index contributed by atoms with van der Waals surface area (Å²) in [5.74, 6) is -0.640. The molecule has 112 valence electrons. The molecular weight excluding hydrogens is 300 g/mol. The van der Waals surface area contributed by atoms with Gasteiger partial charge >= 0.3 is 5.97 Å². The lowest BCUT2D eigenvalue weighted by molar-refractivity contribution is -0.140. The number of aryl methyl sites for hydroxylation is 1. The molecule has 0 aliphatic rings. The van der Waals surface area contributed by atoms with Crippen LogP contribution >= 0.6 is 11.3 Å². The lowest BCUT2D eigenvalue weighted by Gasteiger charge is -2.13. The third-order valence-corrected chi connectivity index (χ3v) is 4.65. The Hall–Kier alpha value is -2.47. The number of carboxylic acids is 1. The average Bonchev–Trinajstić information content (AvgIpc) is 2.92. The highest BCUT2D eigenvalue weighted by Crippen LogP contribution is 2.31. The van der Waals surface area contributed by atoms with E-state index in [0.717, 1.165) is 10.4 Å². The molecule has 0 fully saturated rings. The van der Waals surface area contributed by atoms with E-state index in [1.165, 1.54) is 22.8 Å². The average molecular weight is 314 g/mol. The molecule has 0 saturated carbocycles. The molecule has 3 aromatic rings. The molecule has 1 N–H and O–H groups in total. The second kappa shape index (κ2) is 5.38. The molecule has 22 heavy (non-hydrogen) atoms.